The predicted molar refractivity (Wildman–Crippen MR) is 70.2 cm³/mol. The molecule has 0 aliphatic rings. The number of hydrogen-bond donors (Lipinski definition) is 0. The highest BCUT2D eigenvalue weighted by Gasteiger charge is 1.94. The minimum atomic E-state index is 1.01. The Morgan fingerprint density at radius 1 is 1.13 bits per heavy atom. The second-order valence-electron chi connectivity index (χ2n) is 3.20. The molecule has 0 aromatic carbocycles. The third-order valence-electron chi connectivity index (χ3n) is 1.74. The third-order valence-corrected chi connectivity index (χ3v) is 1.74. The summed E-state index contributed by atoms with van der Waals surface area (Å²) in [5, 5.41) is 0. The maximum Gasteiger partial charge on any atom is 0.0345 e. The van der Waals surface area contributed by atoms with Crippen molar-refractivity contribution in [3.05, 3.63) is 60.9 Å². The van der Waals surface area contributed by atoms with Crippen molar-refractivity contribution in [1.29, 1.82) is 0 Å². The maximum absolute atomic E-state index is 4.26. The first-order valence-corrected chi connectivity index (χ1v) is 4.95. The molecule has 0 saturated heterocycles. The molecular weight excluding hydrogens is 182 g/mol. The van der Waals surface area contributed by atoms with E-state index in [0.29, 0.717) is 0 Å². The lowest BCUT2D eigenvalue weighted by atomic mass is 10.1. The number of hydrogen-bond acceptors (Lipinski definition) is 1. The van der Waals surface area contributed by atoms with E-state index in [-0.39, 0.29) is 0 Å². The molecule has 0 amide bonds. The summed E-state index contributed by atoms with van der Waals surface area (Å²) in [5.41, 5.74) is 3.13. The SMILES string of the molecule is C=C\C=C/C(=C\C)C(/C=C)=C/N=C(C)C. The second-order valence-corrected chi connectivity index (χ2v) is 3.20. The Balaban J connectivity index is 5.02. The molecule has 0 spiro atoms. The zero-order chi connectivity index (χ0) is 11.7. The lowest BCUT2D eigenvalue weighted by molar-refractivity contribution is 1.41. The summed E-state index contributed by atoms with van der Waals surface area (Å²) in [4.78, 5) is 4.26. The molecular formula is C14H19N. The smallest absolute Gasteiger partial charge is 0.0345 e. The van der Waals surface area contributed by atoms with Gasteiger partial charge in [-0.2, -0.15) is 0 Å². The van der Waals surface area contributed by atoms with Crippen molar-refractivity contribution in [2.24, 2.45) is 4.99 Å². The van der Waals surface area contributed by atoms with Gasteiger partial charge in [0.25, 0.3) is 0 Å². The summed E-state index contributed by atoms with van der Waals surface area (Å²) in [6.45, 7) is 13.3. The lowest BCUT2D eigenvalue weighted by Crippen LogP contribution is -1.84. The van der Waals surface area contributed by atoms with Gasteiger partial charge >= 0.3 is 0 Å². The first-order valence-electron chi connectivity index (χ1n) is 4.95. The highest BCUT2D eigenvalue weighted by atomic mass is 14.7. The molecule has 0 unspecified atom stereocenters. The molecule has 0 heterocycles. The molecule has 0 fully saturated rings. The third kappa shape index (κ3) is 5.63. The van der Waals surface area contributed by atoms with Gasteiger partial charge in [-0.3, -0.25) is 4.99 Å². The van der Waals surface area contributed by atoms with E-state index in [1.807, 2.05) is 45.2 Å². The van der Waals surface area contributed by atoms with Gasteiger partial charge in [0.1, 0.15) is 0 Å². The fourth-order valence-electron chi connectivity index (χ4n) is 0.975. The Labute approximate surface area is 92.9 Å². The van der Waals surface area contributed by atoms with Gasteiger partial charge in [-0.15, -0.1) is 0 Å². The van der Waals surface area contributed by atoms with Gasteiger partial charge in [0.15, 0.2) is 0 Å². The maximum atomic E-state index is 4.26. The highest BCUT2D eigenvalue weighted by Crippen LogP contribution is 2.13. The van der Waals surface area contributed by atoms with Crippen molar-refractivity contribution in [1.82, 2.24) is 0 Å². The average Bonchev–Trinajstić information content (AvgIpc) is 2.22. The fraction of sp³-hybridized carbons (Fsp3) is 0.214. The summed E-state index contributed by atoms with van der Waals surface area (Å²) in [5.74, 6) is 0. The summed E-state index contributed by atoms with van der Waals surface area (Å²) in [6, 6.07) is 0. The van der Waals surface area contributed by atoms with Crippen molar-refractivity contribution in [3.8, 4) is 0 Å². The van der Waals surface area contributed by atoms with Crippen LogP contribution < -0.4 is 0 Å². The van der Waals surface area contributed by atoms with Crippen LogP contribution in [0.25, 0.3) is 0 Å². The Morgan fingerprint density at radius 2 is 1.80 bits per heavy atom. The average molecular weight is 201 g/mol. The van der Waals surface area contributed by atoms with E-state index in [0.717, 1.165) is 16.9 Å². The topological polar surface area (TPSA) is 12.4 Å². The van der Waals surface area contributed by atoms with Gasteiger partial charge in [-0.05, 0) is 31.9 Å². The molecule has 1 nitrogen and oxygen atoms in total. The molecule has 0 radical (unpaired) electrons. The number of aliphatic imine (C=N–C) groups is 1. The van der Waals surface area contributed by atoms with Crippen LogP contribution in [0.4, 0.5) is 0 Å². The Hall–Kier alpha value is -1.63. The van der Waals surface area contributed by atoms with E-state index in [9.17, 15) is 0 Å². The fourth-order valence-corrected chi connectivity index (χ4v) is 0.975. The van der Waals surface area contributed by atoms with Crippen LogP contribution in [0.15, 0.2) is 65.9 Å². The Bertz CT molecular complexity index is 334. The van der Waals surface area contributed by atoms with E-state index in [4.69, 9.17) is 0 Å². The van der Waals surface area contributed by atoms with Crippen molar-refractivity contribution < 1.29 is 0 Å². The van der Waals surface area contributed by atoms with Crippen LogP contribution in [0.5, 0.6) is 0 Å². The molecule has 15 heavy (non-hydrogen) atoms. The van der Waals surface area contributed by atoms with E-state index in [2.05, 4.69) is 18.2 Å². The largest absolute Gasteiger partial charge is 0.266 e. The van der Waals surface area contributed by atoms with Crippen LogP contribution in [0, 0.1) is 0 Å². The molecule has 0 aromatic heterocycles. The highest BCUT2D eigenvalue weighted by molar-refractivity contribution is 5.79. The lowest BCUT2D eigenvalue weighted by Gasteiger charge is -2.00. The first-order chi connectivity index (χ1) is 7.15. The molecule has 0 saturated carbocycles. The molecule has 0 aliphatic heterocycles. The molecule has 0 bridgehead atoms. The number of rotatable bonds is 5. The molecule has 0 N–H and O–H groups in total. The van der Waals surface area contributed by atoms with Gasteiger partial charge in [0.2, 0.25) is 0 Å². The van der Waals surface area contributed by atoms with Crippen LogP contribution in [-0.2, 0) is 0 Å². The monoisotopic (exact) mass is 201 g/mol. The quantitative estimate of drug-likeness (QED) is 0.466. The predicted octanol–water partition coefficient (Wildman–Crippen LogP) is 4.23. The van der Waals surface area contributed by atoms with Gasteiger partial charge in [0, 0.05) is 11.9 Å². The van der Waals surface area contributed by atoms with Gasteiger partial charge in [-0.25, -0.2) is 0 Å². The van der Waals surface area contributed by atoms with Crippen molar-refractivity contribution in [3.63, 3.8) is 0 Å². The van der Waals surface area contributed by atoms with Crippen LogP contribution in [0.2, 0.25) is 0 Å². The second kappa shape index (κ2) is 7.74. The minimum absolute atomic E-state index is 1.01. The molecule has 0 aliphatic carbocycles. The van der Waals surface area contributed by atoms with E-state index >= 15 is 0 Å². The van der Waals surface area contributed by atoms with Crippen LogP contribution in [-0.4, -0.2) is 5.71 Å². The van der Waals surface area contributed by atoms with Gasteiger partial charge in [-0.1, -0.05) is 43.5 Å². The summed E-state index contributed by atoms with van der Waals surface area (Å²) >= 11 is 0. The van der Waals surface area contributed by atoms with E-state index in [1.165, 1.54) is 0 Å². The molecule has 0 rings (SSSR count). The van der Waals surface area contributed by atoms with Crippen LogP contribution >= 0.6 is 0 Å². The summed E-state index contributed by atoms with van der Waals surface area (Å²) in [6.07, 6.45) is 11.3. The zero-order valence-electron chi connectivity index (χ0n) is 9.83. The van der Waals surface area contributed by atoms with E-state index < -0.39 is 0 Å². The molecule has 0 atom stereocenters. The Kier molecular flexibility index (Phi) is 6.90. The molecule has 1 heteroatoms. The van der Waals surface area contributed by atoms with Crippen LogP contribution in [0.3, 0.4) is 0 Å². The standard InChI is InChI=1S/C14H19N/c1-6-9-10-13(7-2)14(8-3)11-15-12(4)5/h6-11H,1,3H2,2,4-5H3/b10-9-,13-7+,14-11+. The molecule has 0 aromatic rings. The summed E-state index contributed by atoms with van der Waals surface area (Å²) < 4.78 is 0. The van der Waals surface area contributed by atoms with Crippen molar-refractivity contribution >= 4 is 5.71 Å². The van der Waals surface area contributed by atoms with Crippen molar-refractivity contribution in [2.45, 2.75) is 20.8 Å². The van der Waals surface area contributed by atoms with E-state index in [1.54, 1.807) is 12.2 Å². The van der Waals surface area contributed by atoms with Gasteiger partial charge < -0.3 is 0 Å². The summed E-state index contributed by atoms with van der Waals surface area (Å²) in [7, 11) is 0. The zero-order valence-corrected chi connectivity index (χ0v) is 9.83. The normalized spacial score (nSPS) is 12.7. The first kappa shape index (κ1) is 13.4. The van der Waals surface area contributed by atoms with Gasteiger partial charge in [0.05, 0.1) is 0 Å². The minimum Gasteiger partial charge on any atom is -0.266 e. The number of nitrogens with zero attached hydrogens (tertiary/aromatic N) is 1. The van der Waals surface area contributed by atoms with Crippen molar-refractivity contribution in [2.75, 3.05) is 0 Å². The Morgan fingerprint density at radius 3 is 2.20 bits per heavy atom. The van der Waals surface area contributed by atoms with Crippen LogP contribution in [0.1, 0.15) is 20.8 Å². The number of allylic oxidation sites excluding steroid dienone is 7. The molecule has 80 valence electrons.